The number of carbonyl (C=O) groups excluding carboxylic acids is 2. The Morgan fingerprint density at radius 2 is 2.05 bits per heavy atom. The number of hydrogen-bond acceptors (Lipinski definition) is 3. The molecule has 0 aromatic carbocycles. The van der Waals surface area contributed by atoms with Crippen molar-refractivity contribution in [3.8, 4) is 0 Å². The number of nitrogens with zero attached hydrogens (tertiary/aromatic N) is 2. The Morgan fingerprint density at radius 1 is 1.35 bits per heavy atom. The molecular formula is C15H24N2O3. The summed E-state index contributed by atoms with van der Waals surface area (Å²) in [5.41, 5.74) is -0.567. The molecule has 2 heterocycles. The first-order valence-corrected chi connectivity index (χ1v) is 7.56. The van der Waals surface area contributed by atoms with E-state index >= 15 is 0 Å². The van der Waals surface area contributed by atoms with Gasteiger partial charge in [-0.15, -0.1) is 0 Å². The maximum atomic E-state index is 12.6. The van der Waals surface area contributed by atoms with Gasteiger partial charge in [-0.05, 0) is 31.1 Å². The van der Waals surface area contributed by atoms with Gasteiger partial charge in [0.15, 0.2) is 0 Å². The summed E-state index contributed by atoms with van der Waals surface area (Å²) < 4.78 is 0. The Hall–Kier alpha value is -1.10. The van der Waals surface area contributed by atoms with Gasteiger partial charge in [-0.1, -0.05) is 13.8 Å². The van der Waals surface area contributed by atoms with Crippen molar-refractivity contribution >= 4 is 11.8 Å². The van der Waals surface area contributed by atoms with E-state index in [-0.39, 0.29) is 29.3 Å². The number of hydrogen-bond donors (Lipinski definition) is 1. The second kappa shape index (κ2) is 4.20. The third-order valence-electron chi connectivity index (χ3n) is 5.96. The highest BCUT2D eigenvalue weighted by Crippen LogP contribution is 2.49. The fraction of sp³-hybridized carbons (Fsp3) is 0.867. The molecule has 0 spiro atoms. The summed E-state index contributed by atoms with van der Waals surface area (Å²) in [5.74, 6) is 0.552. The summed E-state index contributed by atoms with van der Waals surface area (Å²) >= 11 is 0. The third-order valence-corrected chi connectivity index (χ3v) is 5.96. The minimum Gasteiger partial charge on any atom is -0.393 e. The first-order valence-electron chi connectivity index (χ1n) is 7.56. The molecule has 0 aromatic rings. The summed E-state index contributed by atoms with van der Waals surface area (Å²) in [4.78, 5) is 28.2. The molecule has 1 aliphatic carbocycles. The minimum atomic E-state index is -0.402. The third kappa shape index (κ3) is 1.72. The normalized spacial score (nSPS) is 38.9. The highest BCUT2D eigenvalue weighted by atomic mass is 16.3. The highest BCUT2D eigenvalue weighted by molar-refractivity contribution is 5.84. The van der Waals surface area contributed by atoms with E-state index in [4.69, 9.17) is 0 Å². The van der Waals surface area contributed by atoms with Gasteiger partial charge in [-0.2, -0.15) is 0 Å². The number of carbonyl (C=O) groups is 2. The van der Waals surface area contributed by atoms with Gasteiger partial charge in [0.1, 0.15) is 5.66 Å². The fourth-order valence-corrected chi connectivity index (χ4v) is 4.02. The van der Waals surface area contributed by atoms with Crippen LogP contribution in [0.1, 0.15) is 46.5 Å². The average Bonchev–Trinajstić information content (AvgIpc) is 2.86. The van der Waals surface area contributed by atoms with Crippen LogP contribution in [-0.4, -0.2) is 51.6 Å². The molecule has 1 saturated carbocycles. The molecule has 0 aromatic heterocycles. The zero-order valence-electron chi connectivity index (χ0n) is 12.6. The number of amides is 2. The van der Waals surface area contributed by atoms with E-state index in [1.807, 2.05) is 30.6 Å². The molecule has 20 heavy (non-hydrogen) atoms. The Morgan fingerprint density at radius 3 is 2.65 bits per heavy atom. The molecule has 5 heteroatoms. The van der Waals surface area contributed by atoms with Crippen LogP contribution in [0, 0.1) is 11.3 Å². The molecule has 5 nitrogen and oxygen atoms in total. The van der Waals surface area contributed by atoms with Crippen LogP contribution in [0.5, 0.6) is 0 Å². The van der Waals surface area contributed by atoms with E-state index in [1.165, 1.54) is 0 Å². The summed E-state index contributed by atoms with van der Waals surface area (Å²) in [5, 5.41) is 9.78. The van der Waals surface area contributed by atoms with Crippen LogP contribution in [-0.2, 0) is 9.59 Å². The quantitative estimate of drug-likeness (QED) is 0.819. The highest BCUT2D eigenvalue weighted by Gasteiger charge is 2.53. The Bertz CT molecular complexity index is 462. The van der Waals surface area contributed by atoms with Crippen LogP contribution >= 0.6 is 0 Å². The lowest BCUT2D eigenvalue weighted by Gasteiger charge is -2.50. The van der Waals surface area contributed by atoms with Gasteiger partial charge in [0.05, 0.1) is 6.10 Å². The van der Waals surface area contributed by atoms with Crippen molar-refractivity contribution < 1.29 is 14.7 Å². The monoisotopic (exact) mass is 280 g/mol. The van der Waals surface area contributed by atoms with Crippen molar-refractivity contribution in [1.82, 2.24) is 9.80 Å². The number of aliphatic hydroxyl groups excluding tert-OH is 1. The lowest BCUT2D eigenvalue weighted by atomic mass is 9.59. The van der Waals surface area contributed by atoms with Crippen molar-refractivity contribution in [2.24, 2.45) is 11.3 Å². The largest absolute Gasteiger partial charge is 0.393 e. The van der Waals surface area contributed by atoms with Crippen molar-refractivity contribution in [3.63, 3.8) is 0 Å². The molecule has 3 rings (SSSR count). The van der Waals surface area contributed by atoms with E-state index < -0.39 is 5.66 Å². The SMILES string of the molecule is CC1(C)C(O)CC1CC(=O)N1CCN2C(=O)CCC21C. The van der Waals surface area contributed by atoms with E-state index in [9.17, 15) is 14.7 Å². The summed E-state index contributed by atoms with van der Waals surface area (Å²) in [7, 11) is 0. The smallest absolute Gasteiger partial charge is 0.224 e. The summed E-state index contributed by atoms with van der Waals surface area (Å²) in [6.45, 7) is 7.37. The van der Waals surface area contributed by atoms with Gasteiger partial charge < -0.3 is 14.9 Å². The predicted octanol–water partition coefficient (Wildman–Crippen LogP) is 0.964. The fourth-order valence-electron chi connectivity index (χ4n) is 4.02. The molecule has 3 aliphatic rings. The zero-order valence-corrected chi connectivity index (χ0v) is 12.6. The summed E-state index contributed by atoms with van der Waals surface area (Å²) in [6.07, 6.45) is 2.20. The van der Waals surface area contributed by atoms with Crippen molar-refractivity contribution in [2.75, 3.05) is 13.1 Å². The second-order valence-electron chi connectivity index (χ2n) is 7.28. The number of fused-ring (bicyclic) bond motifs is 1. The van der Waals surface area contributed by atoms with Gasteiger partial charge in [-0.3, -0.25) is 9.59 Å². The summed E-state index contributed by atoms with van der Waals surface area (Å²) in [6, 6.07) is 0. The first-order chi connectivity index (χ1) is 9.26. The van der Waals surface area contributed by atoms with Crippen molar-refractivity contribution in [3.05, 3.63) is 0 Å². The Balaban J connectivity index is 1.69. The van der Waals surface area contributed by atoms with E-state index in [1.54, 1.807) is 0 Å². The Labute approximate surface area is 119 Å². The Kier molecular flexibility index (Phi) is 2.91. The van der Waals surface area contributed by atoms with Gasteiger partial charge in [0.2, 0.25) is 11.8 Å². The van der Waals surface area contributed by atoms with E-state index in [0.29, 0.717) is 32.4 Å². The van der Waals surface area contributed by atoms with Gasteiger partial charge in [0.25, 0.3) is 0 Å². The number of aliphatic hydroxyl groups is 1. The molecule has 2 saturated heterocycles. The minimum absolute atomic E-state index is 0.134. The van der Waals surface area contributed by atoms with Gasteiger partial charge in [0, 0.05) is 25.9 Å². The van der Waals surface area contributed by atoms with Crippen LogP contribution < -0.4 is 0 Å². The molecule has 0 radical (unpaired) electrons. The lowest BCUT2D eigenvalue weighted by Crippen LogP contribution is -2.54. The standard InChI is InChI=1S/C15H24N2O3/c1-14(2)10(8-11(14)18)9-13(20)17-7-6-16-12(19)4-5-15(16,17)3/h10-11,18H,4-9H2,1-3H3. The number of rotatable bonds is 2. The molecule has 3 atom stereocenters. The van der Waals surface area contributed by atoms with E-state index in [2.05, 4.69) is 0 Å². The topological polar surface area (TPSA) is 60.9 Å². The second-order valence-corrected chi connectivity index (χ2v) is 7.28. The first kappa shape index (κ1) is 13.9. The van der Waals surface area contributed by atoms with Crippen LogP contribution in [0.3, 0.4) is 0 Å². The molecular weight excluding hydrogens is 256 g/mol. The average molecular weight is 280 g/mol. The van der Waals surface area contributed by atoms with Crippen molar-refractivity contribution in [2.45, 2.75) is 58.2 Å². The van der Waals surface area contributed by atoms with E-state index in [0.717, 1.165) is 6.42 Å². The van der Waals surface area contributed by atoms with Crippen LogP contribution in [0.25, 0.3) is 0 Å². The molecule has 0 bridgehead atoms. The molecule has 2 amide bonds. The molecule has 2 aliphatic heterocycles. The van der Waals surface area contributed by atoms with Gasteiger partial charge in [-0.25, -0.2) is 0 Å². The van der Waals surface area contributed by atoms with Crippen LogP contribution in [0.2, 0.25) is 0 Å². The lowest BCUT2D eigenvalue weighted by molar-refractivity contribution is -0.149. The molecule has 1 N–H and O–H groups in total. The van der Waals surface area contributed by atoms with Crippen LogP contribution in [0.4, 0.5) is 0 Å². The molecule has 112 valence electrons. The maximum absolute atomic E-state index is 12.6. The predicted molar refractivity (Wildman–Crippen MR) is 73.6 cm³/mol. The van der Waals surface area contributed by atoms with Crippen molar-refractivity contribution in [1.29, 1.82) is 0 Å². The maximum Gasteiger partial charge on any atom is 0.224 e. The van der Waals surface area contributed by atoms with Crippen LogP contribution in [0.15, 0.2) is 0 Å². The zero-order chi connectivity index (χ0) is 14.7. The molecule has 3 unspecified atom stereocenters. The molecule has 3 fully saturated rings. The van der Waals surface area contributed by atoms with Gasteiger partial charge >= 0.3 is 0 Å².